The van der Waals surface area contributed by atoms with E-state index in [1.807, 2.05) is 7.05 Å². The molecule has 0 radical (unpaired) electrons. The fourth-order valence-electron chi connectivity index (χ4n) is 5.26. The van der Waals surface area contributed by atoms with E-state index in [1.165, 1.54) is 45.1 Å². The molecule has 2 atom stereocenters. The highest BCUT2D eigenvalue weighted by molar-refractivity contribution is 5.78. The molecule has 0 N–H and O–H groups in total. The molecule has 1 amide bonds. The van der Waals surface area contributed by atoms with Gasteiger partial charge in [0, 0.05) is 32.7 Å². The first-order chi connectivity index (χ1) is 12.9. The molecule has 3 aliphatic rings. The third-order valence-corrected chi connectivity index (χ3v) is 7.00. The van der Waals surface area contributed by atoms with Crippen molar-refractivity contribution in [3.05, 3.63) is 0 Å². The highest BCUT2D eigenvalue weighted by atomic mass is 16.5. The van der Waals surface area contributed by atoms with Crippen LogP contribution in [0.25, 0.3) is 0 Å². The van der Waals surface area contributed by atoms with Crippen LogP contribution >= 0.6 is 0 Å². The van der Waals surface area contributed by atoms with Crippen LogP contribution in [0.4, 0.5) is 0 Å². The summed E-state index contributed by atoms with van der Waals surface area (Å²) in [5.74, 6) is 1.93. The zero-order valence-corrected chi connectivity index (χ0v) is 18.0. The van der Waals surface area contributed by atoms with Gasteiger partial charge in [0.25, 0.3) is 0 Å². The number of rotatable bonds is 5. The van der Waals surface area contributed by atoms with E-state index < -0.39 is 0 Å². The van der Waals surface area contributed by atoms with Gasteiger partial charge in [-0.2, -0.15) is 0 Å². The molecule has 2 unspecified atom stereocenters. The molecule has 156 valence electrons. The lowest BCUT2D eigenvalue weighted by Crippen LogP contribution is -2.49. The van der Waals surface area contributed by atoms with Crippen molar-refractivity contribution in [1.82, 2.24) is 14.7 Å². The van der Waals surface area contributed by atoms with Crippen LogP contribution in [-0.4, -0.2) is 85.2 Å². The number of likely N-dealkylation sites (N-methyl/N-ethyl adjacent to an activating group) is 1. The quantitative estimate of drug-likeness (QED) is 0.736. The molecule has 2 saturated heterocycles. The van der Waals surface area contributed by atoms with Gasteiger partial charge in [-0.05, 0) is 77.3 Å². The first kappa shape index (κ1) is 21.1. The minimum Gasteiger partial charge on any atom is -0.373 e. The van der Waals surface area contributed by atoms with Gasteiger partial charge >= 0.3 is 0 Å². The number of carbonyl (C=O) groups is 1. The molecule has 0 aromatic heterocycles. The van der Waals surface area contributed by atoms with Crippen molar-refractivity contribution in [1.29, 1.82) is 0 Å². The number of hydrogen-bond acceptors (Lipinski definition) is 4. The van der Waals surface area contributed by atoms with Crippen LogP contribution in [0.3, 0.4) is 0 Å². The van der Waals surface area contributed by atoms with Crippen molar-refractivity contribution in [3.63, 3.8) is 0 Å². The Labute approximate surface area is 166 Å². The maximum Gasteiger partial charge on any atom is 0.236 e. The Morgan fingerprint density at radius 2 is 1.52 bits per heavy atom. The second-order valence-electron chi connectivity index (χ2n) is 9.61. The molecule has 0 aromatic rings. The van der Waals surface area contributed by atoms with Crippen LogP contribution < -0.4 is 0 Å². The number of likely N-dealkylation sites (tertiary alicyclic amines) is 1. The monoisotopic (exact) mass is 379 g/mol. The van der Waals surface area contributed by atoms with Crippen LogP contribution in [0.15, 0.2) is 0 Å². The number of ether oxygens (including phenoxy) is 1. The van der Waals surface area contributed by atoms with Crippen molar-refractivity contribution in [2.45, 2.75) is 77.5 Å². The minimum atomic E-state index is 0.323. The predicted molar refractivity (Wildman–Crippen MR) is 110 cm³/mol. The topological polar surface area (TPSA) is 36.0 Å². The van der Waals surface area contributed by atoms with Gasteiger partial charge in [0.1, 0.15) is 0 Å². The molecule has 5 nitrogen and oxygen atoms in total. The maximum atomic E-state index is 12.7. The van der Waals surface area contributed by atoms with Crippen LogP contribution in [0.1, 0.15) is 59.3 Å². The third kappa shape index (κ3) is 6.16. The molecule has 1 aliphatic carbocycles. The highest BCUT2D eigenvalue weighted by Crippen LogP contribution is 2.27. The van der Waals surface area contributed by atoms with E-state index in [4.69, 9.17) is 4.74 Å². The fraction of sp³-hybridized carbons (Fsp3) is 0.955. The van der Waals surface area contributed by atoms with Gasteiger partial charge in [-0.3, -0.25) is 14.6 Å². The van der Waals surface area contributed by atoms with Gasteiger partial charge in [-0.25, -0.2) is 0 Å². The third-order valence-electron chi connectivity index (χ3n) is 7.00. The van der Waals surface area contributed by atoms with Gasteiger partial charge in [-0.15, -0.1) is 0 Å². The fourth-order valence-corrected chi connectivity index (χ4v) is 5.26. The van der Waals surface area contributed by atoms with Crippen molar-refractivity contribution in [2.75, 3.05) is 46.3 Å². The summed E-state index contributed by atoms with van der Waals surface area (Å²) in [6, 6.07) is 0.469. The molecule has 0 bridgehead atoms. The average Bonchev–Trinajstić information content (AvgIpc) is 2.62. The summed E-state index contributed by atoms with van der Waals surface area (Å²) in [6.07, 6.45) is 8.05. The second kappa shape index (κ2) is 9.71. The number of carbonyl (C=O) groups excluding carboxylic acids is 1. The van der Waals surface area contributed by atoms with E-state index in [0.717, 1.165) is 38.0 Å². The summed E-state index contributed by atoms with van der Waals surface area (Å²) in [6.45, 7) is 12.8. The van der Waals surface area contributed by atoms with Crippen LogP contribution in [-0.2, 0) is 9.53 Å². The van der Waals surface area contributed by atoms with Gasteiger partial charge in [0.05, 0.1) is 18.8 Å². The predicted octanol–water partition coefficient (Wildman–Crippen LogP) is 2.84. The molecular formula is C22H41N3O2. The molecule has 0 aromatic carbocycles. The number of piperidine rings is 1. The van der Waals surface area contributed by atoms with Crippen LogP contribution in [0.2, 0.25) is 0 Å². The summed E-state index contributed by atoms with van der Waals surface area (Å²) in [7, 11) is 2.02. The number of hydrogen-bond donors (Lipinski definition) is 0. The second-order valence-corrected chi connectivity index (χ2v) is 9.61. The molecular weight excluding hydrogens is 338 g/mol. The Morgan fingerprint density at radius 1 is 0.926 bits per heavy atom. The Bertz CT molecular complexity index is 460. The molecule has 3 fully saturated rings. The normalized spacial score (nSPS) is 34.5. The highest BCUT2D eigenvalue weighted by Gasteiger charge is 2.29. The summed E-state index contributed by atoms with van der Waals surface area (Å²) in [5.41, 5.74) is 0. The summed E-state index contributed by atoms with van der Waals surface area (Å²) < 4.78 is 5.85. The van der Waals surface area contributed by atoms with Crippen molar-refractivity contribution in [2.24, 2.45) is 11.8 Å². The first-order valence-corrected chi connectivity index (χ1v) is 11.3. The summed E-state index contributed by atoms with van der Waals surface area (Å²) in [4.78, 5) is 19.7. The lowest BCUT2D eigenvalue weighted by atomic mass is 9.87. The average molecular weight is 380 g/mol. The van der Waals surface area contributed by atoms with E-state index in [9.17, 15) is 4.79 Å². The van der Waals surface area contributed by atoms with Gasteiger partial charge in [0.2, 0.25) is 5.91 Å². The lowest BCUT2D eigenvalue weighted by Gasteiger charge is -2.40. The Balaban J connectivity index is 1.37. The van der Waals surface area contributed by atoms with Gasteiger partial charge < -0.3 is 9.64 Å². The van der Waals surface area contributed by atoms with E-state index in [0.29, 0.717) is 30.7 Å². The van der Waals surface area contributed by atoms with Crippen molar-refractivity contribution < 1.29 is 9.53 Å². The van der Waals surface area contributed by atoms with Crippen molar-refractivity contribution >= 4 is 5.91 Å². The van der Waals surface area contributed by atoms with E-state index >= 15 is 0 Å². The summed E-state index contributed by atoms with van der Waals surface area (Å²) in [5, 5.41) is 0. The zero-order chi connectivity index (χ0) is 19.4. The number of amides is 1. The molecule has 5 heteroatoms. The maximum absolute atomic E-state index is 12.7. The Morgan fingerprint density at radius 3 is 2.11 bits per heavy atom. The molecule has 1 saturated carbocycles. The van der Waals surface area contributed by atoms with Crippen LogP contribution in [0, 0.1) is 11.8 Å². The molecule has 3 rings (SSSR count). The molecule has 2 aliphatic heterocycles. The molecule has 0 spiro atoms. The van der Waals surface area contributed by atoms with Gasteiger partial charge in [-0.1, -0.05) is 6.92 Å². The van der Waals surface area contributed by atoms with E-state index in [-0.39, 0.29) is 0 Å². The van der Waals surface area contributed by atoms with E-state index in [2.05, 4.69) is 35.5 Å². The number of nitrogens with zero attached hydrogens (tertiary/aromatic N) is 3. The lowest BCUT2D eigenvalue weighted by molar-refractivity contribution is -0.134. The molecule has 27 heavy (non-hydrogen) atoms. The molecule has 2 heterocycles. The zero-order valence-electron chi connectivity index (χ0n) is 18.0. The SMILES string of the molecule is CC1CCC(N(C)C(=O)CN2CCC(CN3CC(C)OC(C)C3)CC2)CC1. The standard InChI is InChI=1S/C22H41N3O2/c1-17-5-7-21(8-6-17)23(4)22(26)16-24-11-9-20(10-12-24)15-25-13-18(2)27-19(3)14-25/h17-21H,5-16H2,1-4H3. The smallest absolute Gasteiger partial charge is 0.236 e. The Hall–Kier alpha value is -0.650. The van der Waals surface area contributed by atoms with Crippen molar-refractivity contribution in [3.8, 4) is 0 Å². The van der Waals surface area contributed by atoms with Gasteiger partial charge in [0.15, 0.2) is 0 Å². The largest absolute Gasteiger partial charge is 0.373 e. The van der Waals surface area contributed by atoms with Crippen LogP contribution in [0.5, 0.6) is 0 Å². The number of morpholine rings is 1. The summed E-state index contributed by atoms with van der Waals surface area (Å²) >= 11 is 0. The Kier molecular flexibility index (Phi) is 7.57. The minimum absolute atomic E-state index is 0.323. The first-order valence-electron chi connectivity index (χ1n) is 11.3. The van der Waals surface area contributed by atoms with E-state index in [1.54, 1.807) is 0 Å².